The van der Waals surface area contributed by atoms with Gasteiger partial charge in [-0.15, -0.1) is 0 Å². The number of nitrogens with one attached hydrogen (secondary N) is 1. The number of anilines is 1. The molecule has 0 atom stereocenters. The maximum atomic E-state index is 4.69. The van der Waals surface area contributed by atoms with Gasteiger partial charge in [-0.25, -0.2) is 9.97 Å². The largest absolute Gasteiger partial charge is 0.373 e. The SMILES string of the molecule is CCc1nc(-c2ccc(Br)cc2C)nc(NC)c1C. The quantitative estimate of drug-likeness (QED) is 0.924. The van der Waals surface area contributed by atoms with E-state index in [4.69, 9.17) is 4.98 Å². The zero-order valence-corrected chi connectivity index (χ0v) is 13.3. The van der Waals surface area contributed by atoms with E-state index in [9.17, 15) is 0 Å². The average Bonchev–Trinajstić information content (AvgIpc) is 2.39. The first kappa shape index (κ1) is 14.0. The second-order valence-electron chi connectivity index (χ2n) is 4.53. The van der Waals surface area contributed by atoms with Gasteiger partial charge in [0.2, 0.25) is 0 Å². The number of aromatic nitrogens is 2. The monoisotopic (exact) mass is 319 g/mol. The molecule has 0 aliphatic carbocycles. The van der Waals surface area contributed by atoms with Crippen LogP contribution in [0.15, 0.2) is 22.7 Å². The molecule has 1 aromatic heterocycles. The van der Waals surface area contributed by atoms with Gasteiger partial charge >= 0.3 is 0 Å². The fourth-order valence-electron chi connectivity index (χ4n) is 2.15. The van der Waals surface area contributed by atoms with E-state index in [1.807, 2.05) is 13.1 Å². The fourth-order valence-corrected chi connectivity index (χ4v) is 2.62. The molecule has 19 heavy (non-hydrogen) atoms. The zero-order valence-electron chi connectivity index (χ0n) is 11.7. The smallest absolute Gasteiger partial charge is 0.162 e. The summed E-state index contributed by atoms with van der Waals surface area (Å²) in [6, 6.07) is 6.17. The van der Waals surface area contributed by atoms with Crippen molar-refractivity contribution in [3.63, 3.8) is 0 Å². The lowest BCUT2D eigenvalue weighted by molar-refractivity contribution is 0.976. The van der Waals surface area contributed by atoms with E-state index in [0.29, 0.717) is 0 Å². The van der Waals surface area contributed by atoms with Crippen LogP contribution in [0.3, 0.4) is 0 Å². The van der Waals surface area contributed by atoms with Crippen LogP contribution in [0.2, 0.25) is 0 Å². The van der Waals surface area contributed by atoms with Crippen LogP contribution < -0.4 is 5.32 Å². The van der Waals surface area contributed by atoms with E-state index in [-0.39, 0.29) is 0 Å². The Labute approximate surface area is 122 Å². The van der Waals surface area contributed by atoms with Gasteiger partial charge in [0.05, 0.1) is 0 Å². The van der Waals surface area contributed by atoms with E-state index >= 15 is 0 Å². The molecule has 0 fully saturated rings. The van der Waals surface area contributed by atoms with E-state index in [1.165, 1.54) is 5.56 Å². The number of aryl methyl sites for hydroxylation is 2. The van der Waals surface area contributed by atoms with Crippen molar-refractivity contribution in [2.45, 2.75) is 27.2 Å². The molecule has 100 valence electrons. The predicted molar refractivity (Wildman–Crippen MR) is 83.6 cm³/mol. The molecule has 2 rings (SSSR count). The molecule has 0 spiro atoms. The molecule has 0 aliphatic rings. The maximum absolute atomic E-state index is 4.69. The van der Waals surface area contributed by atoms with Crippen LogP contribution in [0.5, 0.6) is 0 Å². The summed E-state index contributed by atoms with van der Waals surface area (Å²) in [7, 11) is 1.90. The highest BCUT2D eigenvalue weighted by molar-refractivity contribution is 9.10. The molecule has 4 heteroatoms. The standard InChI is InChI=1S/C15H18BrN3/c1-5-13-10(3)14(17-4)19-15(18-13)12-7-6-11(16)8-9(12)2/h6-8H,5H2,1-4H3,(H,17,18,19). The highest BCUT2D eigenvalue weighted by atomic mass is 79.9. The highest BCUT2D eigenvalue weighted by Gasteiger charge is 2.12. The van der Waals surface area contributed by atoms with Crippen LogP contribution in [-0.4, -0.2) is 17.0 Å². The van der Waals surface area contributed by atoms with Gasteiger partial charge in [-0.3, -0.25) is 0 Å². The lowest BCUT2D eigenvalue weighted by Gasteiger charge is -2.12. The van der Waals surface area contributed by atoms with Crippen molar-refractivity contribution >= 4 is 21.7 Å². The summed E-state index contributed by atoms with van der Waals surface area (Å²) in [5.41, 5.74) is 4.47. The molecule has 0 saturated carbocycles. The van der Waals surface area contributed by atoms with Crippen LogP contribution in [0.4, 0.5) is 5.82 Å². The van der Waals surface area contributed by atoms with E-state index < -0.39 is 0 Å². The molecular formula is C15H18BrN3. The third-order valence-electron chi connectivity index (χ3n) is 3.25. The van der Waals surface area contributed by atoms with E-state index in [2.05, 4.69) is 59.1 Å². The summed E-state index contributed by atoms with van der Waals surface area (Å²) in [5.74, 6) is 1.70. The molecule has 0 saturated heterocycles. The Hall–Kier alpha value is -1.42. The zero-order chi connectivity index (χ0) is 14.0. The first-order chi connectivity index (χ1) is 9.06. The summed E-state index contributed by atoms with van der Waals surface area (Å²) >= 11 is 3.48. The molecule has 1 N–H and O–H groups in total. The van der Waals surface area contributed by atoms with Crippen LogP contribution in [0.1, 0.15) is 23.7 Å². The first-order valence-electron chi connectivity index (χ1n) is 6.38. The van der Waals surface area contributed by atoms with Crippen LogP contribution in [0, 0.1) is 13.8 Å². The van der Waals surface area contributed by atoms with Crippen molar-refractivity contribution in [3.8, 4) is 11.4 Å². The Bertz CT molecular complexity index is 583. The lowest BCUT2D eigenvalue weighted by atomic mass is 10.1. The Morgan fingerprint density at radius 1 is 1.21 bits per heavy atom. The Morgan fingerprint density at radius 2 is 1.95 bits per heavy atom. The van der Waals surface area contributed by atoms with Gasteiger partial charge in [0.15, 0.2) is 5.82 Å². The summed E-state index contributed by atoms with van der Waals surface area (Å²) < 4.78 is 1.07. The number of nitrogens with zero attached hydrogens (tertiary/aromatic N) is 2. The van der Waals surface area contributed by atoms with Gasteiger partial charge < -0.3 is 5.32 Å². The first-order valence-corrected chi connectivity index (χ1v) is 7.18. The van der Waals surface area contributed by atoms with Crippen molar-refractivity contribution in [3.05, 3.63) is 39.5 Å². The topological polar surface area (TPSA) is 37.8 Å². The number of benzene rings is 1. The van der Waals surface area contributed by atoms with Gasteiger partial charge in [0.25, 0.3) is 0 Å². The second kappa shape index (κ2) is 5.70. The predicted octanol–water partition coefficient (Wildman–Crippen LogP) is 4.13. The maximum Gasteiger partial charge on any atom is 0.162 e. The minimum absolute atomic E-state index is 0.789. The van der Waals surface area contributed by atoms with E-state index in [1.54, 1.807) is 0 Å². The summed E-state index contributed by atoms with van der Waals surface area (Å²) in [6.45, 7) is 6.25. The third-order valence-corrected chi connectivity index (χ3v) is 3.74. The summed E-state index contributed by atoms with van der Waals surface area (Å²) in [4.78, 5) is 9.32. The van der Waals surface area contributed by atoms with Crippen LogP contribution in [-0.2, 0) is 6.42 Å². The molecule has 0 amide bonds. The third kappa shape index (κ3) is 2.78. The molecule has 1 heterocycles. The summed E-state index contributed by atoms with van der Waals surface area (Å²) in [6.07, 6.45) is 0.908. The van der Waals surface area contributed by atoms with Crippen molar-refractivity contribution in [1.82, 2.24) is 9.97 Å². The molecule has 2 aromatic rings. The van der Waals surface area contributed by atoms with E-state index in [0.717, 1.165) is 39.4 Å². The van der Waals surface area contributed by atoms with Gasteiger partial charge in [-0.05, 0) is 44.0 Å². The number of hydrogen-bond acceptors (Lipinski definition) is 3. The minimum Gasteiger partial charge on any atom is -0.373 e. The van der Waals surface area contributed by atoms with Crippen molar-refractivity contribution in [1.29, 1.82) is 0 Å². The van der Waals surface area contributed by atoms with Crippen molar-refractivity contribution in [2.75, 3.05) is 12.4 Å². The number of hydrogen-bond donors (Lipinski definition) is 1. The average molecular weight is 320 g/mol. The van der Waals surface area contributed by atoms with Gasteiger partial charge in [0, 0.05) is 28.3 Å². The molecule has 1 aromatic carbocycles. The van der Waals surface area contributed by atoms with Crippen molar-refractivity contribution in [2.24, 2.45) is 0 Å². The summed E-state index contributed by atoms with van der Waals surface area (Å²) in [5, 5.41) is 3.15. The van der Waals surface area contributed by atoms with Gasteiger partial charge in [-0.1, -0.05) is 22.9 Å². The molecular weight excluding hydrogens is 302 g/mol. The van der Waals surface area contributed by atoms with Gasteiger partial charge in [-0.2, -0.15) is 0 Å². The van der Waals surface area contributed by atoms with Crippen LogP contribution in [0.25, 0.3) is 11.4 Å². The second-order valence-corrected chi connectivity index (χ2v) is 5.45. The Balaban J connectivity index is 2.62. The Morgan fingerprint density at radius 3 is 2.53 bits per heavy atom. The number of halogens is 1. The molecule has 0 unspecified atom stereocenters. The molecule has 0 aliphatic heterocycles. The molecule has 0 radical (unpaired) electrons. The molecule has 0 bridgehead atoms. The van der Waals surface area contributed by atoms with Crippen molar-refractivity contribution < 1.29 is 0 Å². The molecule has 3 nitrogen and oxygen atoms in total. The highest BCUT2D eigenvalue weighted by Crippen LogP contribution is 2.26. The van der Waals surface area contributed by atoms with Crippen LogP contribution >= 0.6 is 15.9 Å². The van der Waals surface area contributed by atoms with Gasteiger partial charge in [0.1, 0.15) is 5.82 Å². The lowest BCUT2D eigenvalue weighted by Crippen LogP contribution is -2.05. The fraction of sp³-hybridized carbons (Fsp3) is 0.333. The normalized spacial score (nSPS) is 10.6. The minimum atomic E-state index is 0.789. The Kier molecular flexibility index (Phi) is 4.20. The number of rotatable bonds is 3.